The lowest BCUT2D eigenvalue weighted by Crippen LogP contribution is -2.49. The highest BCUT2D eigenvalue weighted by Gasteiger charge is 2.23. The lowest BCUT2D eigenvalue weighted by atomic mass is 10.2. The van der Waals surface area contributed by atoms with Gasteiger partial charge in [0.2, 0.25) is 0 Å². The van der Waals surface area contributed by atoms with Crippen LogP contribution in [0, 0.1) is 11.3 Å². The number of amides is 1. The Morgan fingerprint density at radius 2 is 1.72 bits per heavy atom. The predicted molar refractivity (Wildman–Crippen MR) is 111 cm³/mol. The predicted octanol–water partition coefficient (Wildman–Crippen LogP) is 3.05. The first-order chi connectivity index (χ1) is 14.2. The minimum atomic E-state index is -0.0749. The Balaban J connectivity index is 1.40. The van der Waals surface area contributed by atoms with Gasteiger partial charge in [0.15, 0.2) is 0 Å². The Morgan fingerprint density at radius 1 is 0.931 bits per heavy atom. The van der Waals surface area contributed by atoms with Crippen molar-refractivity contribution in [3.05, 3.63) is 78.2 Å². The number of nitrogens with one attached hydrogen (secondary N) is 1. The van der Waals surface area contributed by atoms with Crippen LogP contribution in [0.25, 0.3) is 0 Å². The van der Waals surface area contributed by atoms with Crippen LogP contribution in [0.5, 0.6) is 0 Å². The standard InChI is InChI=1S/C22H20N6O/c23-16-17-4-6-18(7-5-17)26-19-8-10-24-20(15-19)22(29)28-13-11-27(12-14-28)21-3-1-2-9-25-21/h1-10,15H,11-14H2,(H,24,26). The highest BCUT2D eigenvalue weighted by Crippen LogP contribution is 2.19. The molecule has 0 radical (unpaired) electrons. The molecule has 1 N–H and O–H groups in total. The maximum absolute atomic E-state index is 12.9. The molecule has 0 spiro atoms. The number of rotatable bonds is 4. The molecule has 4 rings (SSSR count). The fourth-order valence-corrected chi connectivity index (χ4v) is 3.26. The van der Waals surface area contributed by atoms with E-state index in [2.05, 4.69) is 26.3 Å². The zero-order valence-corrected chi connectivity index (χ0v) is 15.8. The zero-order chi connectivity index (χ0) is 20.1. The van der Waals surface area contributed by atoms with Crippen LogP contribution >= 0.6 is 0 Å². The van der Waals surface area contributed by atoms with Crippen LogP contribution in [0.15, 0.2) is 67.0 Å². The molecule has 1 amide bonds. The van der Waals surface area contributed by atoms with Gasteiger partial charge in [-0.15, -0.1) is 0 Å². The Labute approximate surface area is 169 Å². The summed E-state index contributed by atoms with van der Waals surface area (Å²) in [5, 5.41) is 12.1. The van der Waals surface area contributed by atoms with E-state index in [9.17, 15) is 4.79 Å². The molecule has 2 aromatic heterocycles. The highest BCUT2D eigenvalue weighted by atomic mass is 16.2. The van der Waals surface area contributed by atoms with Gasteiger partial charge < -0.3 is 15.1 Å². The molecule has 0 atom stereocenters. The first-order valence-electron chi connectivity index (χ1n) is 9.41. The van der Waals surface area contributed by atoms with E-state index in [1.54, 1.807) is 30.6 Å². The number of carbonyl (C=O) groups is 1. The normalized spacial score (nSPS) is 13.6. The number of benzene rings is 1. The monoisotopic (exact) mass is 384 g/mol. The van der Waals surface area contributed by atoms with Crippen molar-refractivity contribution in [3.8, 4) is 6.07 Å². The van der Waals surface area contributed by atoms with Crippen LogP contribution in [0.2, 0.25) is 0 Å². The Hall–Kier alpha value is -3.92. The first kappa shape index (κ1) is 18.4. The Morgan fingerprint density at radius 3 is 2.41 bits per heavy atom. The Bertz CT molecular complexity index is 1020. The number of piperazine rings is 1. The summed E-state index contributed by atoms with van der Waals surface area (Å²) in [5.74, 6) is 0.862. The van der Waals surface area contributed by atoms with Crippen LogP contribution in [0.4, 0.5) is 17.2 Å². The van der Waals surface area contributed by atoms with Crippen LogP contribution in [0.1, 0.15) is 16.1 Å². The summed E-state index contributed by atoms with van der Waals surface area (Å²) in [6.45, 7) is 2.74. The molecule has 1 fully saturated rings. The number of hydrogen-bond acceptors (Lipinski definition) is 6. The van der Waals surface area contributed by atoms with Gasteiger partial charge in [0.05, 0.1) is 11.6 Å². The second-order valence-corrected chi connectivity index (χ2v) is 6.71. The molecule has 1 aliphatic heterocycles. The van der Waals surface area contributed by atoms with Crippen molar-refractivity contribution in [1.82, 2.24) is 14.9 Å². The van der Waals surface area contributed by atoms with E-state index in [1.165, 1.54) is 0 Å². The van der Waals surface area contributed by atoms with Gasteiger partial charge in [-0.1, -0.05) is 6.07 Å². The molecule has 7 nitrogen and oxygen atoms in total. The van der Waals surface area contributed by atoms with E-state index in [4.69, 9.17) is 5.26 Å². The molecular weight excluding hydrogens is 364 g/mol. The maximum atomic E-state index is 12.9. The van der Waals surface area contributed by atoms with E-state index in [0.29, 0.717) is 24.3 Å². The molecule has 7 heteroatoms. The van der Waals surface area contributed by atoms with Gasteiger partial charge in [0, 0.05) is 49.9 Å². The average Bonchev–Trinajstić information content (AvgIpc) is 2.80. The average molecular weight is 384 g/mol. The summed E-state index contributed by atoms with van der Waals surface area (Å²) < 4.78 is 0. The van der Waals surface area contributed by atoms with Crippen molar-refractivity contribution >= 4 is 23.1 Å². The second-order valence-electron chi connectivity index (χ2n) is 6.71. The Kier molecular flexibility index (Phi) is 5.34. The van der Waals surface area contributed by atoms with E-state index in [1.807, 2.05) is 41.3 Å². The van der Waals surface area contributed by atoms with Crippen molar-refractivity contribution < 1.29 is 4.79 Å². The summed E-state index contributed by atoms with van der Waals surface area (Å²) >= 11 is 0. The van der Waals surface area contributed by atoms with E-state index in [0.717, 1.165) is 30.3 Å². The van der Waals surface area contributed by atoms with Crippen molar-refractivity contribution in [2.45, 2.75) is 0 Å². The number of pyridine rings is 2. The largest absolute Gasteiger partial charge is 0.355 e. The molecule has 1 aliphatic rings. The fraction of sp³-hybridized carbons (Fsp3) is 0.182. The molecule has 1 aromatic carbocycles. The number of hydrogen-bond donors (Lipinski definition) is 1. The lowest BCUT2D eigenvalue weighted by Gasteiger charge is -2.35. The number of nitriles is 1. The summed E-state index contributed by atoms with van der Waals surface area (Å²) in [6, 6.07) is 18.7. The van der Waals surface area contributed by atoms with Crippen LogP contribution in [-0.4, -0.2) is 47.0 Å². The van der Waals surface area contributed by atoms with Crippen molar-refractivity contribution in [2.75, 3.05) is 36.4 Å². The first-order valence-corrected chi connectivity index (χ1v) is 9.41. The van der Waals surface area contributed by atoms with Crippen molar-refractivity contribution in [2.24, 2.45) is 0 Å². The van der Waals surface area contributed by atoms with Gasteiger partial charge in [0.1, 0.15) is 11.5 Å². The number of anilines is 3. The van der Waals surface area contributed by atoms with Crippen LogP contribution < -0.4 is 10.2 Å². The third-order valence-electron chi connectivity index (χ3n) is 4.82. The van der Waals surface area contributed by atoms with Crippen LogP contribution in [-0.2, 0) is 0 Å². The second kappa shape index (κ2) is 8.40. The molecule has 29 heavy (non-hydrogen) atoms. The van der Waals surface area contributed by atoms with E-state index >= 15 is 0 Å². The molecular formula is C22H20N6O. The van der Waals surface area contributed by atoms with Gasteiger partial charge in [0.25, 0.3) is 5.91 Å². The molecule has 0 saturated carbocycles. The number of aromatic nitrogens is 2. The fourth-order valence-electron chi connectivity index (χ4n) is 3.26. The topological polar surface area (TPSA) is 85.1 Å². The number of nitrogens with zero attached hydrogens (tertiary/aromatic N) is 5. The van der Waals surface area contributed by atoms with Gasteiger partial charge in [-0.2, -0.15) is 5.26 Å². The van der Waals surface area contributed by atoms with E-state index < -0.39 is 0 Å². The highest BCUT2D eigenvalue weighted by molar-refractivity contribution is 5.93. The zero-order valence-electron chi connectivity index (χ0n) is 15.8. The molecule has 0 bridgehead atoms. The quantitative estimate of drug-likeness (QED) is 0.744. The SMILES string of the molecule is N#Cc1ccc(Nc2ccnc(C(=O)N3CCN(c4ccccn4)CC3)c2)cc1. The molecule has 0 unspecified atom stereocenters. The maximum Gasteiger partial charge on any atom is 0.272 e. The summed E-state index contributed by atoms with van der Waals surface area (Å²) in [6.07, 6.45) is 3.41. The van der Waals surface area contributed by atoms with E-state index in [-0.39, 0.29) is 5.91 Å². The molecule has 0 aliphatic carbocycles. The third-order valence-corrected chi connectivity index (χ3v) is 4.82. The minimum Gasteiger partial charge on any atom is -0.355 e. The minimum absolute atomic E-state index is 0.0749. The summed E-state index contributed by atoms with van der Waals surface area (Å²) in [7, 11) is 0. The molecule has 3 heterocycles. The van der Waals surface area contributed by atoms with Crippen molar-refractivity contribution in [1.29, 1.82) is 5.26 Å². The van der Waals surface area contributed by atoms with Gasteiger partial charge >= 0.3 is 0 Å². The van der Waals surface area contributed by atoms with Crippen molar-refractivity contribution in [3.63, 3.8) is 0 Å². The van der Waals surface area contributed by atoms with Gasteiger partial charge in [-0.05, 0) is 48.5 Å². The van der Waals surface area contributed by atoms with Gasteiger partial charge in [-0.25, -0.2) is 4.98 Å². The van der Waals surface area contributed by atoms with Crippen LogP contribution in [0.3, 0.4) is 0 Å². The molecule has 3 aromatic rings. The summed E-state index contributed by atoms with van der Waals surface area (Å²) in [4.78, 5) is 25.5. The smallest absolute Gasteiger partial charge is 0.272 e. The molecule has 1 saturated heterocycles. The number of carbonyl (C=O) groups excluding carboxylic acids is 1. The molecule has 144 valence electrons. The third kappa shape index (κ3) is 4.33. The summed E-state index contributed by atoms with van der Waals surface area (Å²) in [5.41, 5.74) is 2.64. The van der Waals surface area contributed by atoms with Gasteiger partial charge in [-0.3, -0.25) is 9.78 Å². The lowest BCUT2D eigenvalue weighted by molar-refractivity contribution is 0.0740.